The molecule has 32 heavy (non-hydrogen) atoms. The monoisotopic (exact) mass is 546 g/mol. The molecule has 4 rings (SSSR count). The number of nitrogens with zero attached hydrogens (tertiary/aromatic N) is 6. The molecule has 0 N–H and O–H groups in total. The van der Waals surface area contributed by atoms with Crippen molar-refractivity contribution in [2.24, 2.45) is 0 Å². The summed E-state index contributed by atoms with van der Waals surface area (Å²) >= 11 is 2.30. The van der Waals surface area contributed by atoms with Crippen molar-refractivity contribution in [2.45, 2.75) is 33.9 Å². The van der Waals surface area contributed by atoms with Gasteiger partial charge < -0.3 is 9.80 Å². The Hall–Kier alpha value is -1.97. The maximum absolute atomic E-state index is 4.59. The number of aromatic nitrogens is 4. The van der Waals surface area contributed by atoms with Gasteiger partial charge in [0, 0.05) is 23.9 Å². The van der Waals surface area contributed by atoms with Crippen LogP contribution in [0, 0.1) is 24.5 Å². The molecule has 0 atom stereocenters. The maximum Gasteiger partial charge on any atom is 0.131 e. The lowest BCUT2D eigenvalue weighted by molar-refractivity contribution is 0.376. The SMILES string of the molecule is Cc1ccc2c(C)nn(CCN(C)C)c2c1.Cc1ccc2c(I)nn(CCN(C)C)c2c1. The van der Waals surface area contributed by atoms with E-state index in [-0.39, 0.29) is 0 Å². The Kier molecular flexibility index (Phi) is 8.30. The van der Waals surface area contributed by atoms with Gasteiger partial charge in [-0.3, -0.25) is 9.36 Å². The third kappa shape index (κ3) is 6.08. The first-order valence-corrected chi connectivity index (χ1v) is 12.1. The lowest BCUT2D eigenvalue weighted by Gasteiger charge is -2.10. The van der Waals surface area contributed by atoms with Gasteiger partial charge in [-0.2, -0.15) is 10.2 Å². The highest BCUT2D eigenvalue weighted by molar-refractivity contribution is 14.1. The summed E-state index contributed by atoms with van der Waals surface area (Å²) in [5.74, 6) is 0. The third-order valence-corrected chi connectivity index (χ3v) is 6.27. The van der Waals surface area contributed by atoms with Crippen LogP contribution in [0.15, 0.2) is 36.4 Å². The van der Waals surface area contributed by atoms with Crippen LogP contribution in [0.4, 0.5) is 0 Å². The van der Waals surface area contributed by atoms with Gasteiger partial charge in [0.15, 0.2) is 0 Å². The third-order valence-electron chi connectivity index (χ3n) is 5.47. The van der Waals surface area contributed by atoms with Crippen LogP contribution in [-0.2, 0) is 13.1 Å². The quantitative estimate of drug-likeness (QED) is 0.328. The molecule has 0 aliphatic rings. The number of halogens is 1. The first-order valence-electron chi connectivity index (χ1n) is 11.0. The van der Waals surface area contributed by atoms with Crippen molar-refractivity contribution < 1.29 is 0 Å². The van der Waals surface area contributed by atoms with Crippen LogP contribution in [0.5, 0.6) is 0 Å². The summed E-state index contributed by atoms with van der Waals surface area (Å²) in [4.78, 5) is 4.36. The average Bonchev–Trinajstić information content (AvgIpc) is 3.21. The molecule has 0 bridgehead atoms. The second kappa shape index (κ2) is 10.8. The predicted molar refractivity (Wildman–Crippen MR) is 144 cm³/mol. The second-order valence-electron chi connectivity index (χ2n) is 8.97. The van der Waals surface area contributed by atoms with E-state index in [4.69, 9.17) is 0 Å². The molecule has 2 aromatic carbocycles. The highest BCUT2D eigenvalue weighted by atomic mass is 127. The zero-order valence-electron chi connectivity index (χ0n) is 20.4. The summed E-state index contributed by atoms with van der Waals surface area (Å²) in [6, 6.07) is 13.0. The number of likely N-dealkylation sites (N-methyl/N-ethyl adjacent to an activating group) is 2. The fourth-order valence-electron chi connectivity index (χ4n) is 3.62. The molecule has 172 valence electrons. The van der Waals surface area contributed by atoms with E-state index in [0.717, 1.165) is 35.6 Å². The Labute approximate surface area is 205 Å². The highest BCUT2D eigenvalue weighted by Crippen LogP contribution is 2.21. The lowest BCUT2D eigenvalue weighted by Crippen LogP contribution is -2.19. The molecule has 0 spiro atoms. The molecule has 0 unspecified atom stereocenters. The molecule has 0 radical (unpaired) electrons. The van der Waals surface area contributed by atoms with Gasteiger partial charge in [0.05, 0.1) is 29.8 Å². The number of aryl methyl sites for hydroxylation is 3. The molecule has 2 aromatic heterocycles. The van der Waals surface area contributed by atoms with Gasteiger partial charge in [0.1, 0.15) is 3.70 Å². The maximum atomic E-state index is 4.59. The van der Waals surface area contributed by atoms with Gasteiger partial charge in [-0.1, -0.05) is 18.2 Å². The molecule has 2 heterocycles. The van der Waals surface area contributed by atoms with Crippen LogP contribution >= 0.6 is 22.6 Å². The highest BCUT2D eigenvalue weighted by Gasteiger charge is 2.08. The van der Waals surface area contributed by atoms with Gasteiger partial charge in [-0.05, 0) is 101 Å². The molecule has 0 aliphatic carbocycles. The van der Waals surface area contributed by atoms with E-state index in [1.165, 1.54) is 32.9 Å². The lowest BCUT2D eigenvalue weighted by atomic mass is 10.1. The first kappa shape index (κ1) is 24.7. The van der Waals surface area contributed by atoms with Crippen molar-refractivity contribution in [1.82, 2.24) is 29.4 Å². The minimum Gasteiger partial charge on any atom is -0.308 e. The van der Waals surface area contributed by atoms with Gasteiger partial charge >= 0.3 is 0 Å². The molecule has 7 heteroatoms. The Morgan fingerprint density at radius 1 is 0.719 bits per heavy atom. The molecule has 0 amide bonds. The predicted octanol–water partition coefficient (Wildman–Crippen LogP) is 4.73. The first-order chi connectivity index (χ1) is 15.2. The fraction of sp³-hybridized carbons (Fsp3) is 0.440. The number of rotatable bonds is 6. The van der Waals surface area contributed by atoms with Crippen molar-refractivity contribution in [1.29, 1.82) is 0 Å². The molecule has 4 aromatic rings. The summed E-state index contributed by atoms with van der Waals surface area (Å²) in [7, 11) is 8.34. The standard InChI is InChI=1S/C13H19N3.C12H16IN3/c1-10-5-6-12-11(2)14-16(13(12)9-10)8-7-15(3)4;1-9-4-5-10-11(8-9)16(14-12(10)13)7-6-15(2)3/h5-6,9H,7-8H2,1-4H3;4-5,8H,6-7H2,1-3H3. The summed E-state index contributed by atoms with van der Waals surface area (Å²) in [6.45, 7) is 10.2. The topological polar surface area (TPSA) is 42.1 Å². The van der Waals surface area contributed by atoms with Crippen LogP contribution in [0.3, 0.4) is 0 Å². The van der Waals surface area contributed by atoms with Crippen LogP contribution in [0.1, 0.15) is 16.8 Å². The van der Waals surface area contributed by atoms with E-state index >= 15 is 0 Å². The minimum atomic E-state index is 0.940. The molecule has 6 nitrogen and oxygen atoms in total. The number of fused-ring (bicyclic) bond motifs is 2. The van der Waals surface area contributed by atoms with E-state index in [9.17, 15) is 0 Å². The molecule has 0 saturated heterocycles. The molecular formula is C25H35IN6. The Morgan fingerprint density at radius 2 is 1.19 bits per heavy atom. The van der Waals surface area contributed by atoms with Gasteiger partial charge in [0.25, 0.3) is 0 Å². The minimum absolute atomic E-state index is 0.940. The van der Waals surface area contributed by atoms with E-state index in [1.807, 2.05) is 0 Å². The summed E-state index contributed by atoms with van der Waals surface area (Å²) < 4.78 is 5.30. The van der Waals surface area contributed by atoms with Gasteiger partial charge in [-0.15, -0.1) is 0 Å². The Morgan fingerprint density at radius 3 is 1.72 bits per heavy atom. The van der Waals surface area contributed by atoms with Gasteiger partial charge in [0.2, 0.25) is 0 Å². The molecule has 0 aliphatic heterocycles. The van der Waals surface area contributed by atoms with Crippen molar-refractivity contribution >= 4 is 44.4 Å². The average molecular weight is 547 g/mol. The number of hydrogen-bond donors (Lipinski definition) is 0. The largest absolute Gasteiger partial charge is 0.308 e. The molecule has 0 saturated carbocycles. The van der Waals surface area contributed by atoms with Crippen molar-refractivity contribution in [3.8, 4) is 0 Å². The normalized spacial score (nSPS) is 11.6. The van der Waals surface area contributed by atoms with Crippen LogP contribution in [-0.4, -0.2) is 70.6 Å². The zero-order chi connectivity index (χ0) is 23.4. The van der Waals surface area contributed by atoms with Crippen molar-refractivity contribution in [2.75, 3.05) is 41.3 Å². The summed E-state index contributed by atoms with van der Waals surface area (Å²) in [5, 5.41) is 11.7. The smallest absolute Gasteiger partial charge is 0.131 e. The number of benzene rings is 2. The van der Waals surface area contributed by atoms with E-state index in [1.54, 1.807) is 0 Å². The van der Waals surface area contributed by atoms with Crippen LogP contribution in [0.2, 0.25) is 0 Å². The van der Waals surface area contributed by atoms with Gasteiger partial charge in [-0.25, -0.2) is 0 Å². The van der Waals surface area contributed by atoms with E-state index in [2.05, 4.69) is 137 Å². The Bertz CT molecular complexity index is 1090. The Balaban J connectivity index is 0.000000181. The van der Waals surface area contributed by atoms with Crippen LogP contribution in [0.25, 0.3) is 21.8 Å². The van der Waals surface area contributed by atoms with Crippen molar-refractivity contribution in [3.63, 3.8) is 0 Å². The summed E-state index contributed by atoms with van der Waals surface area (Å²) in [5.41, 5.74) is 6.19. The zero-order valence-corrected chi connectivity index (χ0v) is 22.5. The molecule has 0 fully saturated rings. The van der Waals surface area contributed by atoms with E-state index in [0.29, 0.717) is 0 Å². The fourth-order valence-corrected chi connectivity index (χ4v) is 4.34. The van der Waals surface area contributed by atoms with Crippen molar-refractivity contribution in [3.05, 3.63) is 56.9 Å². The summed E-state index contributed by atoms with van der Waals surface area (Å²) in [6.07, 6.45) is 0. The second-order valence-corrected chi connectivity index (χ2v) is 9.99. The number of hydrogen-bond acceptors (Lipinski definition) is 4. The van der Waals surface area contributed by atoms with E-state index < -0.39 is 0 Å². The molecular weight excluding hydrogens is 511 g/mol. The van der Waals surface area contributed by atoms with Crippen LogP contribution < -0.4 is 0 Å².